The van der Waals surface area contributed by atoms with E-state index in [2.05, 4.69) is 161 Å². The predicted octanol–water partition coefficient (Wildman–Crippen LogP) is 10.9. The zero-order chi connectivity index (χ0) is 31.9. The van der Waals surface area contributed by atoms with Gasteiger partial charge in [-0.05, 0) is 102 Å². The molecule has 0 atom stereocenters. The molecule has 0 saturated heterocycles. The maximum Gasteiger partial charge on any atom is 0.351 e. The van der Waals surface area contributed by atoms with Crippen LogP contribution in [0.3, 0.4) is 0 Å². The van der Waals surface area contributed by atoms with E-state index >= 15 is 0 Å². The van der Waals surface area contributed by atoms with Crippen LogP contribution < -0.4 is 4.68 Å². The highest BCUT2D eigenvalue weighted by Gasteiger charge is 2.23. The Bertz CT molecular complexity index is 2550. The van der Waals surface area contributed by atoms with Gasteiger partial charge in [-0.2, -0.15) is 5.10 Å². The SMILES string of the molecule is c1ccc(-c2nc(-c3ccccc3)[n+](Cc3cccc(-c4ccccc4-c4ccc5c6ccccc6c6ccccc6c5c4)c3)[nH]2)cc1. The van der Waals surface area contributed by atoms with E-state index in [9.17, 15) is 0 Å². The molecular weight excluding hydrogens is 583 g/mol. The van der Waals surface area contributed by atoms with Gasteiger partial charge < -0.3 is 0 Å². The van der Waals surface area contributed by atoms with Gasteiger partial charge in [-0.25, -0.2) is 0 Å². The molecule has 3 nitrogen and oxygen atoms in total. The van der Waals surface area contributed by atoms with Gasteiger partial charge in [-0.3, -0.25) is 0 Å². The molecular formula is C45H32N3+. The van der Waals surface area contributed by atoms with Crippen molar-refractivity contribution in [1.82, 2.24) is 10.1 Å². The molecule has 0 fully saturated rings. The molecule has 0 radical (unpaired) electrons. The lowest BCUT2D eigenvalue weighted by Crippen LogP contribution is -2.38. The smallest absolute Gasteiger partial charge is 0.186 e. The number of hydrogen-bond donors (Lipinski definition) is 1. The van der Waals surface area contributed by atoms with Crippen molar-refractivity contribution in [2.75, 3.05) is 0 Å². The number of aromatic nitrogens is 3. The van der Waals surface area contributed by atoms with Crippen LogP contribution in [0.25, 0.3) is 77.3 Å². The Morgan fingerprint density at radius 3 is 1.54 bits per heavy atom. The molecule has 0 unspecified atom stereocenters. The van der Waals surface area contributed by atoms with Crippen molar-refractivity contribution in [2.24, 2.45) is 0 Å². The van der Waals surface area contributed by atoms with Gasteiger partial charge in [0.25, 0.3) is 5.82 Å². The Hall–Kier alpha value is -6.32. The Balaban J connectivity index is 1.13. The first-order chi connectivity index (χ1) is 23.8. The van der Waals surface area contributed by atoms with Crippen molar-refractivity contribution in [3.63, 3.8) is 0 Å². The number of fused-ring (bicyclic) bond motifs is 6. The third-order valence-corrected chi connectivity index (χ3v) is 9.35. The second-order valence-electron chi connectivity index (χ2n) is 12.3. The molecule has 1 aromatic heterocycles. The van der Waals surface area contributed by atoms with Crippen LogP contribution in [-0.4, -0.2) is 10.1 Å². The third-order valence-electron chi connectivity index (χ3n) is 9.35. The number of benzene rings is 8. The van der Waals surface area contributed by atoms with Crippen molar-refractivity contribution in [1.29, 1.82) is 0 Å². The van der Waals surface area contributed by atoms with Crippen LogP contribution in [-0.2, 0) is 6.54 Å². The summed E-state index contributed by atoms with van der Waals surface area (Å²) in [5, 5.41) is 11.3. The minimum absolute atomic E-state index is 0.662. The minimum atomic E-state index is 0.662. The number of aromatic amines is 1. The first kappa shape index (κ1) is 27.9. The first-order valence-corrected chi connectivity index (χ1v) is 16.4. The fourth-order valence-corrected chi connectivity index (χ4v) is 7.10. The molecule has 0 saturated carbocycles. The summed E-state index contributed by atoms with van der Waals surface area (Å²) in [5.74, 6) is 1.77. The summed E-state index contributed by atoms with van der Waals surface area (Å²) >= 11 is 0. The maximum atomic E-state index is 5.05. The summed E-state index contributed by atoms with van der Waals surface area (Å²) in [6.07, 6.45) is 0. The van der Waals surface area contributed by atoms with E-state index in [4.69, 9.17) is 4.98 Å². The van der Waals surface area contributed by atoms with Crippen LogP contribution in [0.5, 0.6) is 0 Å². The van der Waals surface area contributed by atoms with Crippen molar-refractivity contribution >= 4 is 32.3 Å². The minimum Gasteiger partial charge on any atom is -0.186 e. The highest BCUT2D eigenvalue weighted by molar-refractivity contribution is 6.25. The number of nitrogens with one attached hydrogen (secondary N) is 1. The first-order valence-electron chi connectivity index (χ1n) is 16.4. The van der Waals surface area contributed by atoms with E-state index in [0.717, 1.165) is 22.8 Å². The lowest BCUT2D eigenvalue weighted by molar-refractivity contribution is -0.732. The summed E-state index contributed by atoms with van der Waals surface area (Å²) in [7, 11) is 0. The molecule has 0 bridgehead atoms. The van der Waals surface area contributed by atoms with Gasteiger partial charge in [0.2, 0.25) is 0 Å². The zero-order valence-corrected chi connectivity index (χ0v) is 26.3. The van der Waals surface area contributed by atoms with Crippen LogP contribution in [0.4, 0.5) is 0 Å². The molecule has 226 valence electrons. The van der Waals surface area contributed by atoms with Crippen molar-refractivity contribution < 1.29 is 4.68 Å². The molecule has 9 aromatic rings. The average Bonchev–Trinajstić information content (AvgIpc) is 3.59. The van der Waals surface area contributed by atoms with E-state index in [-0.39, 0.29) is 0 Å². The normalized spacial score (nSPS) is 11.4. The van der Waals surface area contributed by atoms with E-state index in [1.54, 1.807) is 0 Å². The van der Waals surface area contributed by atoms with Crippen LogP contribution >= 0.6 is 0 Å². The Kier molecular flexibility index (Phi) is 6.87. The molecule has 0 aliphatic rings. The second-order valence-corrected chi connectivity index (χ2v) is 12.3. The van der Waals surface area contributed by atoms with Gasteiger partial charge in [0.15, 0.2) is 0 Å². The highest BCUT2D eigenvalue weighted by Crippen LogP contribution is 2.39. The Morgan fingerprint density at radius 2 is 0.896 bits per heavy atom. The van der Waals surface area contributed by atoms with Gasteiger partial charge >= 0.3 is 5.82 Å². The molecule has 1 N–H and O–H groups in total. The van der Waals surface area contributed by atoms with Crippen LogP contribution in [0, 0.1) is 0 Å². The van der Waals surface area contributed by atoms with Gasteiger partial charge in [0.1, 0.15) is 6.54 Å². The van der Waals surface area contributed by atoms with E-state index in [0.29, 0.717) is 6.54 Å². The number of H-pyrrole nitrogens is 1. The highest BCUT2D eigenvalue weighted by atomic mass is 15.3. The second kappa shape index (κ2) is 11.8. The predicted molar refractivity (Wildman–Crippen MR) is 199 cm³/mol. The quantitative estimate of drug-likeness (QED) is 0.147. The fourth-order valence-electron chi connectivity index (χ4n) is 7.10. The number of hydrogen-bond acceptors (Lipinski definition) is 1. The molecule has 0 aliphatic heterocycles. The molecule has 0 spiro atoms. The molecule has 1 heterocycles. The van der Waals surface area contributed by atoms with Gasteiger partial charge in [-0.15, -0.1) is 4.68 Å². The largest absolute Gasteiger partial charge is 0.351 e. The lowest BCUT2D eigenvalue weighted by atomic mass is 9.89. The average molecular weight is 615 g/mol. The van der Waals surface area contributed by atoms with Gasteiger partial charge in [-0.1, -0.05) is 140 Å². The van der Waals surface area contributed by atoms with Crippen molar-refractivity contribution in [3.05, 3.63) is 181 Å². The fraction of sp³-hybridized carbons (Fsp3) is 0.0222. The molecule has 0 amide bonds. The van der Waals surface area contributed by atoms with Crippen molar-refractivity contribution in [3.8, 4) is 45.0 Å². The van der Waals surface area contributed by atoms with Gasteiger partial charge in [0.05, 0.1) is 5.56 Å². The molecule has 48 heavy (non-hydrogen) atoms. The van der Waals surface area contributed by atoms with Crippen LogP contribution in [0.2, 0.25) is 0 Å². The number of nitrogens with zero attached hydrogens (tertiary/aromatic N) is 2. The summed E-state index contributed by atoms with van der Waals surface area (Å²) < 4.78 is 2.15. The summed E-state index contributed by atoms with van der Waals surface area (Å²) in [4.78, 5) is 5.05. The maximum absolute atomic E-state index is 5.05. The molecule has 0 aliphatic carbocycles. The number of rotatable bonds is 6. The van der Waals surface area contributed by atoms with Crippen LogP contribution in [0.15, 0.2) is 176 Å². The topological polar surface area (TPSA) is 32.6 Å². The van der Waals surface area contributed by atoms with Crippen LogP contribution in [0.1, 0.15) is 5.56 Å². The summed E-state index contributed by atoms with van der Waals surface area (Å²) in [5.41, 5.74) is 8.18. The zero-order valence-electron chi connectivity index (χ0n) is 26.3. The summed E-state index contributed by atoms with van der Waals surface area (Å²) in [6, 6.07) is 62.9. The Morgan fingerprint density at radius 1 is 0.396 bits per heavy atom. The lowest BCUT2D eigenvalue weighted by Gasteiger charge is -2.14. The molecule has 9 rings (SSSR count). The molecule has 8 aromatic carbocycles. The van der Waals surface area contributed by atoms with E-state index in [1.165, 1.54) is 60.1 Å². The van der Waals surface area contributed by atoms with Crippen molar-refractivity contribution in [2.45, 2.75) is 6.54 Å². The van der Waals surface area contributed by atoms with Gasteiger partial charge in [0, 0.05) is 5.56 Å². The molecule has 3 heteroatoms. The standard InChI is InChI=1S/C45H31N3/c1-3-15-32(16-4-1)44-46-45(33-17-5-2-6-18-33)48(47-44)30-31-14-13-19-34(28-31)36-20-7-8-21-37(36)35-26-27-42-40-24-10-9-22-38(40)39-23-11-12-25-41(39)43(42)29-35/h1-29H,30H2/p+1. The monoisotopic (exact) mass is 614 g/mol. The third kappa shape index (κ3) is 4.94. The Labute approximate surface area is 279 Å². The summed E-state index contributed by atoms with van der Waals surface area (Å²) in [6.45, 7) is 0.662. The van der Waals surface area contributed by atoms with E-state index < -0.39 is 0 Å². The van der Waals surface area contributed by atoms with E-state index in [1.807, 2.05) is 24.3 Å².